The molecular weight excluding hydrogens is 522 g/mol. The van der Waals surface area contributed by atoms with Gasteiger partial charge in [-0.25, -0.2) is 13.4 Å². The number of halogens is 1. The average Bonchev–Trinajstić information content (AvgIpc) is 3.37. The highest BCUT2D eigenvalue weighted by Gasteiger charge is 2.35. The number of nitrogens with one attached hydrogen (secondary N) is 2. The summed E-state index contributed by atoms with van der Waals surface area (Å²) in [7, 11) is -3.87. The minimum absolute atomic E-state index is 0.0238. The van der Waals surface area contributed by atoms with Crippen molar-refractivity contribution in [1.82, 2.24) is 24.8 Å². The summed E-state index contributed by atoms with van der Waals surface area (Å²) < 4.78 is 33.6. The Morgan fingerprint density at radius 3 is 2.86 bits per heavy atom. The summed E-state index contributed by atoms with van der Waals surface area (Å²) in [6.45, 7) is 2.99. The van der Waals surface area contributed by atoms with Gasteiger partial charge in [0.05, 0.1) is 12.5 Å². The number of ether oxygens (including phenoxy) is 1. The van der Waals surface area contributed by atoms with Crippen LogP contribution in [-0.4, -0.2) is 65.8 Å². The van der Waals surface area contributed by atoms with Crippen molar-refractivity contribution in [3.05, 3.63) is 53.6 Å². The number of rotatable bonds is 10. The van der Waals surface area contributed by atoms with Crippen LogP contribution in [0.3, 0.4) is 0 Å². The molecule has 1 amide bonds. The van der Waals surface area contributed by atoms with Gasteiger partial charge in [-0.15, -0.1) is 5.10 Å². The second kappa shape index (κ2) is 12.1. The van der Waals surface area contributed by atoms with E-state index in [1.807, 2.05) is 30.3 Å². The van der Waals surface area contributed by atoms with Crippen LogP contribution in [0.1, 0.15) is 19.8 Å². The van der Waals surface area contributed by atoms with Crippen molar-refractivity contribution in [2.24, 2.45) is 5.92 Å². The Morgan fingerprint density at radius 2 is 2.08 bits per heavy atom. The highest BCUT2D eigenvalue weighted by molar-refractivity contribution is 7.99. The van der Waals surface area contributed by atoms with E-state index in [1.54, 1.807) is 19.1 Å². The lowest BCUT2D eigenvalue weighted by molar-refractivity contribution is -0.125. The maximum atomic E-state index is 13.4. The molecule has 2 heterocycles. The van der Waals surface area contributed by atoms with Crippen LogP contribution in [0, 0.1) is 5.92 Å². The number of benzene rings is 2. The third kappa shape index (κ3) is 6.39. The molecule has 0 radical (unpaired) electrons. The van der Waals surface area contributed by atoms with Gasteiger partial charge in [0.2, 0.25) is 21.1 Å². The molecule has 192 valence electrons. The highest BCUT2D eigenvalue weighted by Crippen LogP contribution is 2.32. The number of H-pyrrole nitrogens is 1. The average molecular weight is 550 g/mol. The fourth-order valence-corrected chi connectivity index (χ4v) is 6.54. The molecule has 12 heteroatoms. The predicted octanol–water partition coefficient (Wildman–Crippen LogP) is 3.83. The Balaban J connectivity index is 1.30. The zero-order valence-corrected chi connectivity index (χ0v) is 22.2. The monoisotopic (exact) mass is 549 g/mol. The van der Waals surface area contributed by atoms with E-state index >= 15 is 0 Å². The molecule has 0 spiro atoms. The van der Waals surface area contributed by atoms with Crippen molar-refractivity contribution >= 4 is 39.3 Å². The van der Waals surface area contributed by atoms with Crippen LogP contribution in [0.5, 0.6) is 5.75 Å². The minimum atomic E-state index is -3.87. The van der Waals surface area contributed by atoms with Gasteiger partial charge in [-0.3, -0.25) is 9.89 Å². The van der Waals surface area contributed by atoms with Gasteiger partial charge in [0.15, 0.2) is 5.82 Å². The van der Waals surface area contributed by atoms with Gasteiger partial charge in [0, 0.05) is 36.0 Å². The van der Waals surface area contributed by atoms with E-state index in [1.165, 1.54) is 22.1 Å². The molecule has 1 aliphatic rings. The summed E-state index contributed by atoms with van der Waals surface area (Å²) in [6.07, 6.45) is 1.22. The molecule has 1 fully saturated rings. The van der Waals surface area contributed by atoms with Crippen molar-refractivity contribution in [3.63, 3.8) is 0 Å². The maximum absolute atomic E-state index is 13.4. The Bertz CT molecular complexity index is 1290. The number of carbonyl (C=O) groups excluding carboxylic acids is 1. The van der Waals surface area contributed by atoms with E-state index in [-0.39, 0.29) is 23.1 Å². The fourth-order valence-electron chi connectivity index (χ4n) is 3.97. The lowest BCUT2D eigenvalue weighted by Gasteiger charge is -2.31. The molecule has 0 saturated carbocycles. The number of hydrogen-bond donors (Lipinski definition) is 2. The van der Waals surface area contributed by atoms with Crippen molar-refractivity contribution in [3.8, 4) is 17.1 Å². The van der Waals surface area contributed by atoms with E-state index in [2.05, 4.69) is 20.5 Å². The predicted molar refractivity (Wildman–Crippen MR) is 140 cm³/mol. The van der Waals surface area contributed by atoms with Crippen molar-refractivity contribution in [1.29, 1.82) is 0 Å². The Kier molecular flexibility index (Phi) is 8.89. The van der Waals surface area contributed by atoms with Gasteiger partial charge in [0.25, 0.3) is 0 Å². The number of hydrogen-bond acceptors (Lipinski definition) is 7. The third-order valence-electron chi connectivity index (χ3n) is 5.72. The molecular formula is C24H28ClN5O4S2. The summed E-state index contributed by atoms with van der Waals surface area (Å²) in [4.78, 5) is 17.3. The number of piperidine rings is 1. The molecule has 1 aliphatic heterocycles. The van der Waals surface area contributed by atoms with Crippen molar-refractivity contribution in [2.45, 2.75) is 29.8 Å². The first-order valence-corrected chi connectivity index (χ1v) is 14.5. The maximum Gasteiger partial charge on any atom is 0.246 e. The molecule has 1 atom stereocenters. The van der Waals surface area contributed by atoms with Crippen LogP contribution in [-0.2, 0) is 14.8 Å². The third-order valence-corrected chi connectivity index (χ3v) is 8.69. The second-order valence-electron chi connectivity index (χ2n) is 8.20. The van der Waals surface area contributed by atoms with Gasteiger partial charge < -0.3 is 10.1 Å². The van der Waals surface area contributed by atoms with Gasteiger partial charge in [-0.05, 0) is 38.0 Å². The molecule has 1 saturated heterocycles. The molecule has 36 heavy (non-hydrogen) atoms. The molecule has 9 nitrogen and oxygen atoms in total. The smallest absolute Gasteiger partial charge is 0.246 e. The highest BCUT2D eigenvalue weighted by atomic mass is 35.5. The number of nitrogens with zero attached hydrogens (tertiary/aromatic N) is 3. The SMILES string of the molecule is CCOc1ccc(Cl)cc1S(=O)(=O)N1CCC[C@@H](C(=O)NCCSc2n[nH]c(-c3ccccc3)n2)C1. The zero-order valence-electron chi connectivity index (χ0n) is 19.8. The molecule has 2 aromatic carbocycles. The van der Waals surface area contributed by atoms with E-state index in [4.69, 9.17) is 16.3 Å². The number of aromatic nitrogens is 3. The van der Waals surface area contributed by atoms with E-state index in [0.717, 1.165) is 5.56 Å². The topological polar surface area (TPSA) is 117 Å². The number of carbonyl (C=O) groups is 1. The number of aromatic amines is 1. The van der Waals surface area contributed by atoms with Gasteiger partial charge in [-0.2, -0.15) is 4.31 Å². The van der Waals surface area contributed by atoms with Crippen LogP contribution in [0.4, 0.5) is 0 Å². The molecule has 3 aromatic rings. The van der Waals surface area contributed by atoms with Gasteiger partial charge >= 0.3 is 0 Å². The van der Waals surface area contributed by atoms with E-state index in [0.29, 0.717) is 54.3 Å². The Labute approximate surface area is 220 Å². The van der Waals surface area contributed by atoms with Crippen LogP contribution >= 0.6 is 23.4 Å². The first-order valence-electron chi connectivity index (χ1n) is 11.7. The largest absolute Gasteiger partial charge is 0.492 e. The first kappa shape index (κ1) is 26.5. The molecule has 0 unspecified atom stereocenters. The lowest BCUT2D eigenvalue weighted by Crippen LogP contribution is -2.45. The van der Waals surface area contributed by atoms with Crippen molar-refractivity contribution in [2.75, 3.05) is 32.0 Å². The Morgan fingerprint density at radius 1 is 1.28 bits per heavy atom. The summed E-state index contributed by atoms with van der Waals surface area (Å²) in [5.74, 6) is 0.950. The van der Waals surface area contributed by atoms with Gasteiger partial charge in [-0.1, -0.05) is 53.7 Å². The fraction of sp³-hybridized carbons (Fsp3) is 0.375. The first-order chi connectivity index (χ1) is 17.4. The molecule has 1 aromatic heterocycles. The Hall–Kier alpha value is -2.60. The quantitative estimate of drug-likeness (QED) is 0.291. The zero-order chi connectivity index (χ0) is 25.5. The van der Waals surface area contributed by atoms with Crippen LogP contribution in [0.2, 0.25) is 5.02 Å². The van der Waals surface area contributed by atoms with E-state index < -0.39 is 15.9 Å². The normalized spacial score (nSPS) is 16.6. The summed E-state index contributed by atoms with van der Waals surface area (Å²) in [6, 6.07) is 14.3. The summed E-state index contributed by atoms with van der Waals surface area (Å²) in [5.41, 5.74) is 0.952. The number of sulfonamides is 1. The van der Waals surface area contributed by atoms with Crippen LogP contribution in [0.25, 0.3) is 11.4 Å². The second-order valence-corrected chi connectivity index (χ2v) is 11.6. The van der Waals surface area contributed by atoms with Crippen LogP contribution < -0.4 is 10.1 Å². The summed E-state index contributed by atoms with van der Waals surface area (Å²) >= 11 is 7.51. The molecule has 4 rings (SSSR count). The van der Waals surface area contributed by atoms with Crippen LogP contribution in [0.15, 0.2) is 58.6 Å². The molecule has 0 bridgehead atoms. The van der Waals surface area contributed by atoms with E-state index in [9.17, 15) is 13.2 Å². The minimum Gasteiger partial charge on any atom is -0.492 e. The molecule has 2 N–H and O–H groups in total. The molecule has 0 aliphatic carbocycles. The number of thioether (sulfide) groups is 1. The summed E-state index contributed by atoms with van der Waals surface area (Å²) in [5, 5.41) is 11.0. The number of amides is 1. The van der Waals surface area contributed by atoms with Crippen molar-refractivity contribution < 1.29 is 17.9 Å². The van der Waals surface area contributed by atoms with Gasteiger partial charge in [0.1, 0.15) is 10.6 Å². The standard InChI is InChI=1S/C24H28ClN5O4S2/c1-2-34-20-11-10-19(25)15-21(20)36(32,33)30-13-6-9-18(16-30)23(31)26-12-14-35-24-27-22(28-29-24)17-7-4-3-5-8-17/h3-5,7-8,10-11,15,18H,2,6,9,12-14,16H2,1H3,(H,26,31)(H,27,28,29)/t18-/m1/s1. The lowest BCUT2D eigenvalue weighted by atomic mass is 9.99.